The first kappa shape index (κ1) is 26.3. The molecule has 2 amide bonds. The van der Waals surface area contributed by atoms with Crippen molar-refractivity contribution in [2.75, 3.05) is 0 Å². The van der Waals surface area contributed by atoms with Crippen LogP contribution in [0, 0.1) is 0 Å². The number of carbonyl (C=O) groups is 2. The highest BCUT2D eigenvalue weighted by Crippen LogP contribution is 2.28. The molecule has 0 aliphatic heterocycles. The van der Waals surface area contributed by atoms with Crippen molar-refractivity contribution in [3.05, 3.63) is 92.9 Å². The molecule has 0 aromatic heterocycles. The number of rotatable bonds is 9. The van der Waals surface area contributed by atoms with Gasteiger partial charge < -0.3 is 15.2 Å². The molecular formula is C25H22Cl3N3O4. The average molecular weight is 535 g/mol. The maximum Gasteiger partial charge on any atom is 0.262 e. The van der Waals surface area contributed by atoms with Gasteiger partial charge in [-0.05, 0) is 48.9 Å². The van der Waals surface area contributed by atoms with Crippen molar-refractivity contribution >= 4 is 52.8 Å². The summed E-state index contributed by atoms with van der Waals surface area (Å²) in [4.78, 5) is 25.7. The molecule has 0 aliphatic rings. The van der Waals surface area contributed by atoms with Gasteiger partial charge in [0, 0.05) is 22.0 Å². The third-order valence-corrected chi connectivity index (χ3v) is 5.62. The van der Waals surface area contributed by atoms with Gasteiger partial charge in [-0.25, -0.2) is 5.43 Å². The molecule has 0 saturated carbocycles. The van der Waals surface area contributed by atoms with Crippen LogP contribution in [0.15, 0.2) is 71.8 Å². The number of carbonyl (C=O) groups excluding carboxylic acids is 2. The van der Waals surface area contributed by atoms with E-state index in [9.17, 15) is 14.7 Å². The Morgan fingerprint density at radius 2 is 1.69 bits per heavy atom. The van der Waals surface area contributed by atoms with Crippen LogP contribution in [0.3, 0.4) is 0 Å². The number of nitrogens with zero attached hydrogens (tertiary/aromatic N) is 1. The van der Waals surface area contributed by atoms with Gasteiger partial charge in [-0.2, -0.15) is 5.10 Å². The minimum absolute atomic E-state index is 0.0478. The summed E-state index contributed by atoms with van der Waals surface area (Å²) < 4.78 is 5.65. The molecule has 35 heavy (non-hydrogen) atoms. The zero-order valence-electron chi connectivity index (χ0n) is 18.5. The Labute approximate surface area is 217 Å². The zero-order chi connectivity index (χ0) is 25.4. The molecule has 0 aliphatic carbocycles. The molecule has 7 nitrogen and oxygen atoms in total. The van der Waals surface area contributed by atoms with Gasteiger partial charge in [0.15, 0.2) is 6.10 Å². The summed E-state index contributed by atoms with van der Waals surface area (Å²) in [6, 6.07) is 17.3. The Balaban J connectivity index is 1.70. The molecule has 3 N–H and O–H groups in total. The van der Waals surface area contributed by atoms with Gasteiger partial charge in [-0.1, -0.05) is 65.1 Å². The SMILES string of the molecule is C[C@@H](Oc1ccc(Cl)cc1Cl)C(=O)N[C@@H](Cc1ccccc1)C(=O)N/N=C\c1cc(Cl)ccc1O. The first-order valence-corrected chi connectivity index (χ1v) is 11.6. The molecule has 0 saturated heterocycles. The number of phenols is 1. The molecular weight excluding hydrogens is 513 g/mol. The highest BCUT2D eigenvalue weighted by Gasteiger charge is 2.25. The van der Waals surface area contributed by atoms with Crippen LogP contribution in [0.1, 0.15) is 18.1 Å². The Morgan fingerprint density at radius 3 is 2.40 bits per heavy atom. The van der Waals surface area contributed by atoms with E-state index in [1.807, 2.05) is 30.3 Å². The maximum absolute atomic E-state index is 12.9. The highest BCUT2D eigenvalue weighted by atomic mass is 35.5. The molecule has 0 radical (unpaired) electrons. The first-order chi connectivity index (χ1) is 16.7. The number of hydrogen-bond donors (Lipinski definition) is 3. The highest BCUT2D eigenvalue weighted by molar-refractivity contribution is 6.35. The van der Waals surface area contributed by atoms with E-state index in [1.54, 1.807) is 12.1 Å². The van der Waals surface area contributed by atoms with Crippen molar-refractivity contribution in [3.8, 4) is 11.5 Å². The van der Waals surface area contributed by atoms with E-state index in [0.717, 1.165) is 5.56 Å². The molecule has 0 heterocycles. The molecule has 182 valence electrons. The minimum Gasteiger partial charge on any atom is -0.507 e. The number of hydrazone groups is 1. The van der Waals surface area contributed by atoms with Crippen molar-refractivity contribution < 1.29 is 19.4 Å². The molecule has 0 unspecified atom stereocenters. The predicted molar refractivity (Wildman–Crippen MR) is 137 cm³/mol. The molecule has 0 bridgehead atoms. The smallest absolute Gasteiger partial charge is 0.262 e. The number of nitrogens with one attached hydrogen (secondary N) is 2. The second-order valence-electron chi connectivity index (χ2n) is 7.52. The first-order valence-electron chi connectivity index (χ1n) is 10.5. The van der Waals surface area contributed by atoms with E-state index in [0.29, 0.717) is 15.6 Å². The zero-order valence-corrected chi connectivity index (χ0v) is 20.8. The molecule has 3 aromatic rings. The lowest BCUT2D eigenvalue weighted by molar-refractivity contribution is -0.132. The van der Waals surface area contributed by atoms with Crippen LogP contribution < -0.4 is 15.5 Å². The van der Waals surface area contributed by atoms with Gasteiger partial charge in [0.25, 0.3) is 11.8 Å². The number of phenolic OH excluding ortho intramolecular Hbond substituents is 1. The Kier molecular flexibility index (Phi) is 9.37. The Bertz CT molecular complexity index is 1220. The molecule has 0 spiro atoms. The second-order valence-corrected chi connectivity index (χ2v) is 8.80. The van der Waals surface area contributed by atoms with Gasteiger partial charge in [-0.3, -0.25) is 9.59 Å². The van der Waals surface area contributed by atoms with Crippen LogP contribution in [0.4, 0.5) is 0 Å². The number of aromatic hydroxyl groups is 1. The van der Waals surface area contributed by atoms with Crippen molar-refractivity contribution in [2.24, 2.45) is 5.10 Å². The lowest BCUT2D eigenvalue weighted by atomic mass is 10.1. The molecule has 3 aromatic carbocycles. The molecule has 10 heteroatoms. The third-order valence-electron chi connectivity index (χ3n) is 4.85. The fourth-order valence-corrected chi connectivity index (χ4v) is 3.67. The standard InChI is InChI=1S/C25H22Cl3N3O4/c1-15(35-23-10-8-19(27)13-20(23)28)24(33)30-21(11-16-5-3-2-4-6-16)25(34)31-29-14-17-12-18(26)7-9-22(17)32/h2-10,12-15,21,32H,11H2,1H3,(H,30,33)(H,31,34)/b29-14-/t15-,21+/m1/s1. The lowest BCUT2D eigenvalue weighted by Gasteiger charge is -2.21. The van der Waals surface area contributed by atoms with Crippen LogP contribution >= 0.6 is 34.8 Å². The third kappa shape index (κ3) is 7.89. The topological polar surface area (TPSA) is 100 Å². The fraction of sp³-hybridized carbons (Fsp3) is 0.160. The summed E-state index contributed by atoms with van der Waals surface area (Å²) in [5.74, 6) is -0.845. The summed E-state index contributed by atoms with van der Waals surface area (Å²) >= 11 is 17.9. The van der Waals surface area contributed by atoms with Crippen LogP contribution in [0.2, 0.25) is 15.1 Å². The molecule has 2 atom stereocenters. The number of hydrogen-bond acceptors (Lipinski definition) is 5. The van der Waals surface area contributed by atoms with Crippen LogP contribution in [0.5, 0.6) is 11.5 Å². The second kappa shape index (κ2) is 12.4. The van der Waals surface area contributed by atoms with Gasteiger partial charge in [0.2, 0.25) is 0 Å². The van der Waals surface area contributed by atoms with Gasteiger partial charge in [0.05, 0.1) is 11.2 Å². The number of benzene rings is 3. The number of amides is 2. The van der Waals surface area contributed by atoms with Crippen molar-refractivity contribution in [3.63, 3.8) is 0 Å². The number of halogens is 3. The Morgan fingerprint density at radius 1 is 1.00 bits per heavy atom. The summed E-state index contributed by atoms with van der Waals surface area (Å²) in [5, 5.41) is 17.6. The predicted octanol–water partition coefficient (Wildman–Crippen LogP) is 5.00. The summed E-state index contributed by atoms with van der Waals surface area (Å²) in [6.07, 6.45) is 0.520. The van der Waals surface area contributed by atoms with Gasteiger partial charge in [0.1, 0.15) is 17.5 Å². The normalized spacial score (nSPS) is 12.7. The van der Waals surface area contributed by atoms with Gasteiger partial charge in [-0.15, -0.1) is 0 Å². The maximum atomic E-state index is 12.9. The van der Waals surface area contributed by atoms with Crippen molar-refractivity contribution in [1.82, 2.24) is 10.7 Å². The minimum atomic E-state index is -0.957. The largest absolute Gasteiger partial charge is 0.507 e. The summed E-state index contributed by atoms with van der Waals surface area (Å²) in [6.45, 7) is 1.54. The number of ether oxygens (including phenoxy) is 1. The van der Waals surface area contributed by atoms with E-state index in [-0.39, 0.29) is 22.9 Å². The lowest BCUT2D eigenvalue weighted by Crippen LogP contribution is -2.50. The van der Waals surface area contributed by atoms with Gasteiger partial charge >= 0.3 is 0 Å². The van der Waals surface area contributed by atoms with Crippen LogP contribution in [-0.2, 0) is 16.0 Å². The fourth-order valence-electron chi connectivity index (χ4n) is 3.04. The average Bonchev–Trinajstić information content (AvgIpc) is 2.83. The molecule has 3 rings (SSSR count). The van der Waals surface area contributed by atoms with Crippen LogP contribution in [0.25, 0.3) is 0 Å². The summed E-state index contributed by atoms with van der Waals surface area (Å²) in [7, 11) is 0. The van der Waals surface area contributed by atoms with E-state index in [4.69, 9.17) is 39.5 Å². The van der Waals surface area contributed by atoms with Crippen molar-refractivity contribution in [2.45, 2.75) is 25.5 Å². The molecule has 0 fully saturated rings. The summed E-state index contributed by atoms with van der Waals surface area (Å²) in [5.41, 5.74) is 3.55. The van der Waals surface area contributed by atoms with E-state index in [1.165, 1.54) is 37.4 Å². The van der Waals surface area contributed by atoms with Crippen molar-refractivity contribution in [1.29, 1.82) is 0 Å². The Hall–Kier alpha value is -3.26. The quantitative estimate of drug-likeness (QED) is 0.266. The van der Waals surface area contributed by atoms with E-state index in [2.05, 4.69) is 15.8 Å². The van der Waals surface area contributed by atoms with Crippen LogP contribution in [-0.4, -0.2) is 35.3 Å². The van der Waals surface area contributed by atoms with E-state index < -0.39 is 24.0 Å². The van der Waals surface area contributed by atoms with E-state index >= 15 is 0 Å². The monoisotopic (exact) mass is 533 g/mol.